The van der Waals surface area contributed by atoms with E-state index in [9.17, 15) is 9.90 Å². The smallest absolute Gasteiger partial charge is 0.332 e. The molecule has 2 heteroatoms. The largest absolute Gasteiger partial charge is 0.478 e. The SMILES string of the molecule is CC(C)C1CCC2(C)CC3C(=C(C(=O)O)C45CCC(C)C4CCC35C)CC12. The van der Waals surface area contributed by atoms with Gasteiger partial charge in [0.25, 0.3) is 0 Å². The first-order chi connectivity index (χ1) is 12.7. The van der Waals surface area contributed by atoms with Gasteiger partial charge < -0.3 is 5.11 Å². The lowest BCUT2D eigenvalue weighted by Gasteiger charge is -2.49. The van der Waals surface area contributed by atoms with Gasteiger partial charge >= 0.3 is 5.97 Å². The summed E-state index contributed by atoms with van der Waals surface area (Å²) in [6.07, 6.45) is 9.92. The van der Waals surface area contributed by atoms with Crippen LogP contribution in [0.4, 0.5) is 0 Å². The predicted molar refractivity (Wildman–Crippen MR) is 108 cm³/mol. The Kier molecular flexibility index (Phi) is 3.66. The average molecular weight is 371 g/mol. The number of hydrogen-bond donors (Lipinski definition) is 1. The van der Waals surface area contributed by atoms with Gasteiger partial charge in [-0.1, -0.05) is 40.2 Å². The summed E-state index contributed by atoms with van der Waals surface area (Å²) in [5, 5.41) is 10.5. The summed E-state index contributed by atoms with van der Waals surface area (Å²) >= 11 is 0. The fourth-order valence-electron chi connectivity index (χ4n) is 9.65. The van der Waals surface area contributed by atoms with E-state index >= 15 is 0 Å². The van der Waals surface area contributed by atoms with Crippen molar-refractivity contribution in [3.63, 3.8) is 0 Å². The molecule has 8 atom stereocenters. The summed E-state index contributed by atoms with van der Waals surface area (Å²) in [7, 11) is 0. The van der Waals surface area contributed by atoms with Crippen molar-refractivity contribution in [2.75, 3.05) is 0 Å². The Bertz CT molecular complexity index is 720. The third-order valence-electron chi connectivity index (χ3n) is 10.9. The molecule has 1 N–H and O–H groups in total. The Morgan fingerprint density at radius 3 is 2.48 bits per heavy atom. The highest BCUT2D eigenvalue weighted by molar-refractivity contribution is 5.91. The molecule has 150 valence electrons. The molecule has 4 saturated carbocycles. The first-order valence-corrected chi connectivity index (χ1v) is 11.6. The minimum Gasteiger partial charge on any atom is -0.478 e. The van der Waals surface area contributed by atoms with Gasteiger partial charge in [-0.05, 0) is 97.7 Å². The molecule has 2 nitrogen and oxygen atoms in total. The van der Waals surface area contributed by atoms with Gasteiger partial charge in [0.05, 0.1) is 0 Å². The Morgan fingerprint density at radius 2 is 1.81 bits per heavy atom. The molecule has 8 unspecified atom stereocenters. The maximum atomic E-state index is 12.7. The second kappa shape index (κ2) is 5.42. The molecule has 5 aliphatic carbocycles. The maximum Gasteiger partial charge on any atom is 0.332 e. The number of allylic oxidation sites excluding steroid dienone is 1. The highest BCUT2D eigenvalue weighted by Crippen LogP contribution is 2.79. The van der Waals surface area contributed by atoms with E-state index in [2.05, 4.69) is 34.6 Å². The highest BCUT2D eigenvalue weighted by Gasteiger charge is 2.72. The fraction of sp³-hybridized carbons (Fsp3) is 0.880. The number of aliphatic carboxylic acids is 1. The quantitative estimate of drug-likeness (QED) is 0.618. The number of carboxylic acid groups (broad SMARTS) is 1. The fourth-order valence-corrected chi connectivity index (χ4v) is 9.65. The van der Waals surface area contributed by atoms with E-state index in [1.165, 1.54) is 44.1 Å². The summed E-state index contributed by atoms with van der Waals surface area (Å²) in [5.41, 5.74) is 2.97. The standard InChI is InChI=1S/C25H38O2/c1-14(2)16-7-9-23(4)13-20-17(12-19(16)23)21(22(26)27)25-11-6-15(3)18(25)8-10-24(20,25)5/h14-16,18-20H,6-13H2,1-5H3,(H,26,27). The number of carboxylic acids is 1. The Balaban J connectivity index is 1.66. The molecule has 0 radical (unpaired) electrons. The Morgan fingerprint density at radius 1 is 1.07 bits per heavy atom. The minimum atomic E-state index is -0.567. The molecule has 0 aromatic rings. The van der Waals surface area contributed by atoms with Crippen LogP contribution in [0.15, 0.2) is 11.1 Å². The lowest BCUT2D eigenvalue weighted by Crippen LogP contribution is -2.43. The number of carbonyl (C=O) groups is 1. The van der Waals surface area contributed by atoms with Gasteiger partial charge in [-0.3, -0.25) is 0 Å². The van der Waals surface area contributed by atoms with Gasteiger partial charge in [0, 0.05) is 11.0 Å². The van der Waals surface area contributed by atoms with E-state index in [1.807, 2.05) is 0 Å². The lowest BCUT2D eigenvalue weighted by molar-refractivity contribution is -0.135. The minimum absolute atomic E-state index is 0.0133. The van der Waals surface area contributed by atoms with Crippen molar-refractivity contribution >= 4 is 5.97 Å². The van der Waals surface area contributed by atoms with Crippen molar-refractivity contribution in [3.05, 3.63) is 11.1 Å². The summed E-state index contributed by atoms with van der Waals surface area (Å²) < 4.78 is 0. The summed E-state index contributed by atoms with van der Waals surface area (Å²) in [4.78, 5) is 12.7. The molecule has 5 rings (SSSR count). The zero-order valence-electron chi connectivity index (χ0n) is 18.0. The van der Waals surface area contributed by atoms with Crippen LogP contribution in [0, 0.1) is 51.8 Å². The first-order valence-electron chi connectivity index (χ1n) is 11.6. The van der Waals surface area contributed by atoms with Crippen LogP contribution in [0.5, 0.6) is 0 Å². The van der Waals surface area contributed by atoms with Crippen LogP contribution < -0.4 is 0 Å². The monoisotopic (exact) mass is 370 g/mol. The van der Waals surface area contributed by atoms with Crippen molar-refractivity contribution in [3.8, 4) is 0 Å². The second-order valence-electron chi connectivity index (χ2n) is 11.9. The normalized spacial score (nSPS) is 53.5. The zero-order valence-corrected chi connectivity index (χ0v) is 18.0. The predicted octanol–water partition coefficient (Wildman–Crippen LogP) is 6.31. The number of rotatable bonds is 2. The Hall–Kier alpha value is -0.790. The van der Waals surface area contributed by atoms with Gasteiger partial charge in [0.2, 0.25) is 0 Å². The van der Waals surface area contributed by atoms with Gasteiger partial charge in [0.15, 0.2) is 0 Å². The lowest BCUT2D eigenvalue weighted by atomic mass is 9.54. The molecule has 0 bridgehead atoms. The van der Waals surface area contributed by atoms with E-state index in [4.69, 9.17) is 0 Å². The zero-order chi connectivity index (χ0) is 19.4. The van der Waals surface area contributed by atoms with E-state index in [-0.39, 0.29) is 10.8 Å². The van der Waals surface area contributed by atoms with Gasteiger partial charge in [-0.15, -0.1) is 0 Å². The average Bonchev–Trinajstić information content (AvgIpc) is 3.23. The number of fused-ring (bicyclic) bond motifs is 3. The van der Waals surface area contributed by atoms with Crippen molar-refractivity contribution in [2.24, 2.45) is 51.8 Å². The third kappa shape index (κ3) is 1.96. The van der Waals surface area contributed by atoms with Crippen molar-refractivity contribution in [1.29, 1.82) is 0 Å². The van der Waals surface area contributed by atoms with Crippen LogP contribution >= 0.6 is 0 Å². The summed E-state index contributed by atoms with van der Waals surface area (Å²) in [5.74, 6) is 3.47. The van der Waals surface area contributed by atoms with Crippen molar-refractivity contribution in [2.45, 2.75) is 86.0 Å². The molecule has 4 fully saturated rings. The first kappa shape index (κ1) is 18.3. The molecule has 0 amide bonds. The molecule has 0 aliphatic heterocycles. The van der Waals surface area contributed by atoms with Crippen LogP contribution in [0.3, 0.4) is 0 Å². The van der Waals surface area contributed by atoms with Crippen LogP contribution in [0.25, 0.3) is 0 Å². The molecule has 1 spiro atoms. The van der Waals surface area contributed by atoms with E-state index in [1.54, 1.807) is 0 Å². The molecule has 0 aromatic carbocycles. The van der Waals surface area contributed by atoms with Crippen LogP contribution in [0.2, 0.25) is 0 Å². The van der Waals surface area contributed by atoms with E-state index in [0.717, 1.165) is 30.3 Å². The maximum absolute atomic E-state index is 12.7. The Labute approximate surface area is 165 Å². The molecular weight excluding hydrogens is 332 g/mol. The summed E-state index contributed by atoms with van der Waals surface area (Å²) in [6.45, 7) is 12.2. The molecule has 0 saturated heterocycles. The molecule has 5 aliphatic rings. The number of hydrogen-bond acceptors (Lipinski definition) is 1. The molecule has 0 aromatic heterocycles. The van der Waals surface area contributed by atoms with Gasteiger partial charge in [-0.2, -0.15) is 0 Å². The van der Waals surface area contributed by atoms with Crippen LogP contribution in [-0.2, 0) is 4.79 Å². The topological polar surface area (TPSA) is 37.3 Å². The molecule has 0 heterocycles. The van der Waals surface area contributed by atoms with E-state index in [0.29, 0.717) is 29.1 Å². The highest BCUT2D eigenvalue weighted by atomic mass is 16.4. The van der Waals surface area contributed by atoms with E-state index < -0.39 is 5.97 Å². The van der Waals surface area contributed by atoms with Gasteiger partial charge in [0.1, 0.15) is 0 Å². The van der Waals surface area contributed by atoms with Crippen molar-refractivity contribution in [1.82, 2.24) is 0 Å². The molecular formula is C25H38O2. The van der Waals surface area contributed by atoms with Crippen molar-refractivity contribution < 1.29 is 9.90 Å². The third-order valence-corrected chi connectivity index (χ3v) is 10.9. The van der Waals surface area contributed by atoms with Gasteiger partial charge in [-0.25, -0.2) is 4.79 Å². The second-order valence-corrected chi connectivity index (χ2v) is 11.9. The van der Waals surface area contributed by atoms with Crippen LogP contribution in [-0.4, -0.2) is 11.1 Å². The van der Waals surface area contributed by atoms with Crippen LogP contribution in [0.1, 0.15) is 86.0 Å². The summed E-state index contributed by atoms with van der Waals surface area (Å²) in [6, 6.07) is 0. The molecule has 27 heavy (non-hydrogen) atoms.